The lowest BCUT2D eigenvalue weighted by Gasteiger charge is -2.03. The number of nitrogen functional groups attached to an aromatic ring is 1. The van der Waals surface area contributed by atoms with Gasteiger partial charge in [0, 0.05) is 11.5 Å². The first-order valence-electron chi connectivity index (χ1n) is 5.79. The van der Waals surface area contributed by atoms with Gasteiger partial charge in [-0.1, -0.05) is 28.1 Å². The minimum atomic E-state index is 0.619. The molecule has 0 aliphatic rings. The minimum Gasteiger partial charge on any atom is -0.463 e. The number of nitrogens with two attached hydrogens (primary N) is 1. The summed E-state index contributed by atoms with van der Waals surface area (Å²) < 4.78 is 8.12. The summed E-state index contributed by atoms with van der Waals surface area (Å²) in [6.07, 6.45) is 1.63. The summed E-state index contributed by atoms with van der Waals surface area (Å²) in [5.74, 6) is 1.33. The Hall–Kier alpha value is -2.01. The van der Waals surface area contributed by atoms with Gasteiger partial charge in [0.25, 0.3) is 0 Å². The van der Waals surface area contributed by atoms with E-state index < -0.39 is 0 Å². The number of nitrogens with zero attached hydrogens (tertiary/aromatic N) is 2. The molecule has 0 fully saturated rings. The van der Waals surface area contributed by atoms with Crippen LogP contribution < -0.4 is 5.73 Å². The minimum absolute atomic E-state index is 0.619. The average Bonchev–Trinajstić information content (AvgIpc) is 3.01. The van der Waals surface area contributed by atoms with Gasteiger partial charge < -0.3 is 10.2 Å². The van der Waals surface area contributed by atoms with Crippen molar-refractivity contribution in [3.05, 3.63) is 47.1 Å². The number of furan rings is 1. The van der Waals surface area contributed by atoms with Crippen molar-refractivity contribution in [2.45, 2.75) is 0 Å². The van der Waals surface area contributed by atoms with Crippen LogP contribution in [0.1, 0.15) is 0 Å². The number of benzene rings is 1. The van der Waals surface area contributed by atoms with E-state index in [0.717, 1.165) is 21.3 Å². The highest BCUT2D eigenvalue weighted by molar-refractivity contribution is 9.10. The lowest BCUT2D eigenvalue weighted by Crippen LogP contribution is -1.97. The normalized spacial score (nSPS) is 10.8. The summed E-state index contributed by atoms with van der Waals surface area (Å²) in [5, 5.41) is 4.44. The van der Waals surface area contributed by atoms with Crippen molar-refractivity contribution in [2.24, 2.45) is 7.05 Å². The molecule has 0 spiro atoms. The van der Waals surface area contributed by atoms with Crippen LogP contribution in [-0.2, 0) is 7.05 Å². The maximum absolute atomic E-state index is 6.13. The van der Waals surface area contributed by atoms with Crippen LogP contribution in [0.15, 0.2) is 51.6 Å². The Balaban J connectivity index is 2.22. The highest BCUT2D eigenvalue weighted by atomic mass is 79.9. The van der Waals surface area contributed by atoms with Crippen LogP contribution in [0.5, 0.6) is 0 Å². The topological polar surface area (TPSA) is 57.0 Å². The largest absolute Gasteiger partial charge is 0.463 e. The summed E-state index contributed by atoms with van der Waals surface area (Å²) in [5.41, 5.74) is 8.79. The molecule has 0 radical (unpaired) electrons. The highest BCUT2D eigenvalue weighted by Crippen LogP contribution is 2.36. The first-order chi connectivity index (χ1) is 9.16. The predicted octanol–water partition coefficient (Wildman–Crippen LogP) is 3.69. The number of hydrogen-bond acceptors (Lipinski definition) is 3. The first-order valence-corrected chi connectivity index (χ1v) is 6.58. The number of halogens is 1. The van der Waals surface area contributed by atoms with Crippen LogP contribution >= 0.6 is 15.9 Å². The first kappa shape index (κ1) is 12.0. The smallest absolute Gasteiger partial charge is 0.154 e. The molecule has 5 heteroatoms. The van der Waals surface area contributed by atoms with Gasteiger partial charge in [-0.05, 0) is 29.8 Å². The second-order valence-electron chi connectivity index (χ2n) is 4.22. The molecule has 1 aromatic carbocycles. The molecule has 0 aliphatic carbocycles. The highest BCUT2D eigenvalue weighted by Gasteiger charge is 2.18. The third-order valence-electron chi connectivity index (χ3n) is 2.98. The van der Waals surface area contributed by atoms with Crippen LogP contribution in [-0.4, -0.2) is 9.78 Å². The molecule has 0 atom stereocenters. The molecule has 0 bridgehead atoms. The van der Waals surface area contributed by atoms with Crippen LogP contribution in [0, 0.1) is 0 Å². The van der Waals surface area contributed by atoms with Gasteiger partial charge in [0.2, 0.25) is 0 Å². The van der Waals surface area contributed by atoms with Crippen LogP contribution in [0.2, 0.25) is 0 Å². The Morgan fingerprint density at radius 1 is 1.21 bits per heavy atom. The van der Waals surface area contributed by atoms with Crippen LogP contribution in [0.25, 0.3) is 22.6 Å². The van der Waals surface area contributed by atoms with E-state index in [1.807, 2.05) is 43.4 Å². The van der Waals surface area contributed by atoms with E-state index in [4.69, 9.17) is 10.2 Å². The fraction of sp³-hybridized carbons (Fsp3) is 0.0714. The second-order valence-corrected chi connectivity index (χ2v) is 5.13. The van der Waals surface area contributed by atoms with Crippen LogP contribution in [0.4, 0.5) is 5.82 Å². The number of aromatic nitrogens is 2. The zero-order chi connectivity index (χ0) is 13.4. The SMILES string of the molecule is Cn1nc(-c2ccco2)c(-c2ccc(Br)cc2)c1N. The maximum Gasteiger partial charge on any atom is 0.154 e. The van der Waals surface area contributed by atoms with Crippen molar-refractivity contribution >= 4 is 21.7 Å². The predicted molar refractivity (Wildman–Crippen MR) is 78.5 cm³/mol. The zero-order valence-electron chi connectivity index (χ0n) is 10.3. The maximum atomic E-state index is 6.13. The fourth-order valence-corrected chi connectivity index (χ4v) is 2.29. The number of rotatable bonds is 2. The van der Waals surface area contributed by atoms with Gasteiger partial charge in [0.15, 0.2) is 5.76 Å². The van der Waals surface area contributed by atoms with E-state index in [1.165, 1.54) is 0 Å². The number of anilines is 1. The molecule has 0 unspecified atom stereocenters. The zero-order valence-corrected chi connectivity index (χ0v) is 11.9. The monoisotopic (exact) mass is 317 g/mol. The summed E-state index contributed by atoms with van der Waals surface area (Å²) in [4.78, 5) is 0. The summed E-state index contributed by atoms with van der Waals surface area (Å²) >= 11 is 3.43. The van der Waals surface area contributed by atoms with E-state index in [9.17, 15) is 0 Å². The molecular weight excluding hydrogens is 306 g/mol. The summed E-state index contributed by atoms with van der Waals surface area (Å²) in [7, 11) is 1.82. The molecule has 19 heavy (non-hydrogen) atoms. The van der Waals surface area contributed by atoms with Crippen molar-refractivity contribution in [3.63, 3.8) is 0 Å². The van der Waals surface area contributed by atoms with E-state index in [1.54, 1.807) is 10.9 Å². The molecule has 0 amide bonds. The lowest BCUT2D eigenvalue weighted by atomic mass is 10.0. The van der Waals surface area contributed by atoms with E-state index in [-0.39, 0.29) is 0 Å². The van der Waals surface area contributed by atoms with Crippen molar-refractivity contribution in [1.82, 2.24) is 9.78 Å². The Bertz CT molecular complexity index is 699. The Morgan fingerprint density at radius 3 is 2.58 bits per heavy atom. The fourth-order valence-electron chi connectivity index (χ4n) is 2.02. The lowest BCUT2D eigenvalue weighted by molar-refractivity contribution is 0.578. The van der Waals surface area contributed by atoms with Gasteiger partial charge in [-0.3, -0.25) is 4.68 Å². The number of aryl methyl sites for hydroxylation is 1. The molecule has 96 valence electrons. The number of hydrogen-bond donors (Lipinski definition) is 1. The molecule has 2 aromatic heterocycles. The van der Waals surface area contributed by atoms with E-state index >= 15 is 0 Å². The van der Waals surface area contributed by atoms with Crippen LogP contribution in [0.3, 0.4) is 0 Å². The molecule has 3 aromatic rings. The van der Waals surface area contributed by atoms with Gasteiger partial charge >= 0.3 is 0 Å². The van der Waals surface area contributed by atoms with E-state index in [2.05, 4.69) is 21.0 Å². The van der Waals surface area contributed by atoms with E-state index in [0.29, 0.717) is 11.6 Å². The Labute approximate surface area is 119 Å². The summed E-state index contributed by atoms with van der Waals surface area (Å²) in [6, 6.07) is 11.7. The molecule has 0 aliphatic heterocycles. The third-order valence-corrected chi connectivity index (χ3v) is 3.51. The van der Waals surface area contributed by atoms with Gasteiger partial charge in [-0.15, -0.1) is 0 Å². The third kappa shape index (κ3) is 2.06. The molecular formula is C14H12BrN3O. The molecule has 2 heterocycles. The molecule has 2 N–H and O–H groups in total. The quantitative estimate of drug-likeness (QED) is 0.784. The van der Waals surface area contributed by atoms with Gasteiger partial charge in [-0.2, -0.15) is 5.10 Å². The Kier molecular flexibility index (Phi) is 2.91. The Morgan fingerprint density at radius 2 is 1.95 bits per heavy atom. The van der Waals surface area contributed by atoms with Gasteiger partial charge in [-0.25, -0.2) is 0 Å². The molecule has 0 saturated carbocycles. The van der Waals surface area contributed by atoms with Crippen molar-refractivity contribution in [3.8, 4) is 22.6 Å². The van der Waals surface area contributed by atoms with Crippen molar-refractivity contribution < 1.29 is 4.42 Å². The van der Waals surface area contributed by atoms with Crippen molar-refractivity contribution in [1.29, 1.82) is 0 Å². The second kappa shape index (κ2) is 4.59. The molecule has 0 saturated heterocycles. The molecule has 4 nitrogen and oxygen atoms in total. The average molecular weight is 318 g/mol. The van der Waals surface area contributed by atoms with Crippen molar-refractivity contribution in [2.75, 3.05) is 5.73 Å². The van der Waals surface area contributed by atoms with Gasteiger partial charge in [0.05, 0.1) is 11.8 Å². The summed E-state index contributed by atoms with van der Waals surface area (Å²) in [6.45, 7) is 0. The standard InChI is InChI=1S/C14H12BrN3O/c1-18-14(16)12(9-4-6-10(15)7-5-9)13(17-18)11-3-2-8-19-11/h2-8H,16H2,1H3. The molecule has 3 rings (SSSR count). The van der Waals surface area contributed by atoms with Gasteiger partial charge in [0.1, 0.15) is 11.5 Å².